The van der Waals surface area contributed by atoms with Crippen LogP contribution in [0.4, 0.5) is 0 Å². The van der Waals surface area contributed by atoms with Gasteiger partial charge in [0.05, 0.1) is 11.1 Å². The predicted octanol–water partition coefficient (Wildman–Crippen LogP) is 1.44. The molecular weight excluding hydrogens is 336 g/mol. The molecular formula is C19H16N2O5. The van der Waals surface area contributed by atoms with Crippen molar-refractivity contribution < 1.29 is 24.3 Å². The van der Waals surface area contributed by atoms with Crippen molar-refractivity contribution in [3.63, 3.8) is 0 Å². The first-order valence-electron chi connectivity index (χ1n) is 7.91. The first kappa shape index (κ1) is 17.3. The van der Waals surface area contributed by atoms with Crippen LogP contribution in [0.5, 0.6) is 0 Å². The van der Waals surface area contributed by atoms with E-state index in [4.69, 9.17) is 0 Å². The average Bonchev–Trinajstić information content (AvgIpc) is 2.86. The molecule has 1 unspecified atom stereocenters. The van der Waals surface area contributed by atoms with Crippen LogP contribution >= 0.6 is 0 Å². The minimum Gasteiger partial charge on any atom is -0.478 e. The molecule has 2 aromatic carbocycles. The summed E-state index contributed by atoms with van der Waals surface area (Å²) in [5, 5.41) is 12.3. The molecule has 0 spiro atoms. The van der Waals surface area contributed by atoms with Gasteiger partial charge in [-0.2, -0.15) is 0 Å². The molecule has 1 atom stereocenters. The highest BCUT2D eigenvalue weighted by Gasteiger charge is 2.54. The van der Waals surface area contributed by atoms with Gasteiger partial charge in [0.1, 0.15) is 0 Å². The topological polar surface area (TPSA) is 104 Å². The van der Waals surface area contributed by atoms with Gasteiger partial charge in [-0.25, -0.2) is 9.69 Å². The molecule has 0 radical (unpaired) electrons. The minimum absolute atomic E-state index is 0.113. The highest BCUT2D eigenvalue weighted by molar-refractivity contribution is 6.23. The lowest BCUT2D eigenvalue weighted by Crippen LogP contribution is -2.68. The van der Waals surface area contributed by atoms with Crippen molar-refractivity contribution in [3.8, 4) is 0 Å². The molecule has 0 bridgehead atoms. The monoisotopic (exact) mass is 352 g/mol. The summed E-state index contributed by atoms with van der Waals surface area (Å²) in [6.45, 7) is 1.14. The van der Waals surface area contributed by atoms with E-state index in [1.165, 1.54) is 12.1 Å². The number of nitrogens with zero attached hydrogens (tertiary/aromatic N) is 1. The Morgan fingerprint density at radius 3 is 1.92 bits per heavy atom. The first-order chi connectivity index (χ1) is 12.4. The van der Waals surface area contributed by atoms with E-state index in [1.807, 2.05) is 0 Å². The van der Waals surface area contributed by atoms with Gasteiger partial charge in [0, 0.05) is 13.3 Å². The molecule has 0 aromatic heterocycles. The Morgan fingerprint density at radius 2 is 1.46 bits per heavy atom. The van der Waals surface area contributed by atoms with Crippen LogP contribution < -0.4 is 5.32 Å². The van der Waals surface area contributed by atoms with Gasteiger partial charge in [-0.15, -0.1) is 0 Å². The number of imide groups is 1. The largest absolute Gasteiger partial charge is 0.478 e. The number of hydrogen-bond donors (Lipinski definition) is 2. The number of nitrogens with one attached hydrogen (secondary N) is 1. The summed E-state index contributed by atoms with van der Waals surface area (Å²) in [5.41, 5.74) is -1.44. The van der Waals surface area contributed by atoms with E-state index in [1.54, 1.807) is 42.5 Å². The fraction of sp³-hybridized carbons (Fsp3) is 0.158. The van der Waals surface area contributed by atoms with E-state index >= 15 is 0 Å². The van der Waals surface area contributed by atoms with Gasteiger partial charge < -0.3 is 10.4 Å². The number of fused-ring (bicyclic) bond motifs is 1. The number of carboxylic acids is 1. The molecule has 1 heterocycles. The van der Waals surface area contributed by atoms with Crippen LogP contribution in [-0.4, -0.2) is 39.4 Å². The summed E-state index contributed by atoms with van der Waals surface area (Å²) in [6, 6.07) is 14.6. The van der Waals surface area contributed by atoms with E-state index in [0.717, 1.165) is 6.92 Å². The second kappa shape index (κ2) is 6.44. The summed E-state index contributed by atoms with van der Waals surface area (Å²) in [5.74, 6) is -3.67. The van der Waals surface area contributed by atoms with Crippen LogP contribution in [0.1, 0.15) is 33.2 Å². The lowest BCUT2D eigenvalue weighted by atomic mass is 9.97. The van der Waals surface area contributed by atoms with E-state index < -0.39 is 29.4 Å². The quantitative estimate of drug-likeness (QED) is 0.793. The van der Waals surface area contributed by atoms with Gasteiger partial charge in [-0.3, -0.25) is 14.4 Å². The van der Waals surface area contributed by atoms with Crippen molar-refractivity contribution in [2.75, 3.05) is 0 Å². The molecule has 0 aliphatic carbocycles. The highest BCUT2D eigenvalue weighted by atomic mass is 16.4. The van der Waals surface area contributed by atoms with Gasteiger partial charge in [0.2, 0.25) is 11.6 Å². The van der Waals surface area contributed by atoms with Gasteiger partial charge in [-0.1, -0.05) is 42.5 Å². The summed E-state index contributed by atoms with van der Waals surface area (Å²) in [4.78, 5) is 50.3. The van der Waals surface area contributed by atoms with Crippen molar-refractivity contribution in [2.24, 2.45) is 0 Å². The zero-order valence-electron chi connectivity index (χ0n) is 13.9. The number of benzene rings is 2. The van der Waals surface area contributed by atoms with Crippen molar-refractivity contribution >= 4 is 23.7 Å². The summed E-state index contributed by atoms with van der Waals surface area (Å²) in [6.07, 6.45) is -0.256. The standard InChI is InChI=1S/C19H16N2O5/c1-12(22)20-19(18(25)26,11-13-7-3-2-4-8-13)21-16(23)14-9-5-6-10-15(14)17(21)24/h2-10H,11H2,1H3,(H,20,22)(H,25,26). The molecule has 3 rings (SSSR count). The molecule has 2 N–H and O–H groups in total. The lowest BCUT2D eigenvalue weighted by molar-refractivity contribution is -0.153. The normalized spacial score (nSPS) is 15.3. The summed E-state index contributed by atoms with van der Waals surface area (Å²) in [7, 11) is 0. The molecule has 1 aliphatic heterocycles. The number of aliphatic carboxylic acids is 1. The Morgan fingerprint density at radius 1 is 0.962 bits per heavy atom. The van der Waals surface area contributed by atoms with Crippen molar-refractivity contribution in [2.45, 2.75) is 19.0 Å². The Labute approximate surface area is 149 Å². The first-order valence-corrected chi connectivity index (χ1v) is 7.91. The second-order valence-electron chi connectivity index (χ2n) is 6.00. The zero-order valence-corrected chi connectivity index (χ0v) is 13.9. The van der Waals surface area contributed by atoms with E-state index in [2.05, 4.69) is 5.32 Å². The van der Waals surface area contributed by atoms with Crippen molar-refractivity contribution in [1.29, 1.82) is 0 Å². The maximum atomic E-state index is 12.8. The molecule has 132 valence electrons. The fourth-order valence-electron chi connectivity index (χ4n) is 3.12. The minimum atomic E-state index is -2.22. The Bertz CT molecular complexity index is 874. The molecule has 3 amide bonds. The Balaban J connectivity index is 2.15. The Kier molecular flexibility index (Phi) is 4.29. The van der Waals surface area contributed by atoms with Crippen LogP contribution in [0.15, 0.2) is 54.6 Å². The third kappa shape index (κ3) is 2.73. The maximum Gasteiger partial charge on any atom is 0.351 e. The number of carbonyl (C=O) groups excluding carboxylic acids is 3. The maximum absolute atomic E-state index is 12.8. The number of carboxylic acid groups (broad SMARTS) is 1. The van der Waals surface area contributed by atoms with Crippen LogP contribution in [0, 0.1) is 0 Å². The molecule has 0 saturated carbocycles. The van der Waals surface area contributed by atoms with Gasteiger partial charge in [0.25, 0.3) is 11.8 Å². The number of amides is 3. The van der Waals surface area contributed by atoms with Gasteiger partial charge >= 0.3 is 5.97 Å². The average molecular weight is 352 g/mol. The smallest absolute Gasteiger partial charge is 0.351 e. The van der Waals surface area contributed by atoms with Crippen LogP contribution in [0.2, 0.25) is 0 Å². The Hall–Kier alpha value is -3.48. The van der Waals surface area contributed by atoms with E-state index in [9.17, 15) is 24.3 Å². The van der Waals surface area contributed by atoms with E-state index in [-0.39, 0.29) is 17.5 Å². The molecule has 0 saturated heterocycles. The molecule has 7 nitrogen and oxygen atoms in total. The van der Waals surface area contributed by atoms with Crippen molar-refractivity contribution in [1.82, 2.24) is 10.2 Å². The zero-order chi connectivity index (χ0) is 18.9. The number of carbonyl (C=O) groups is 4. The third-order valence-corrected chi connectivity index (χ3v) is 4.22. The fourth-order valence-corrected chi connectivity index (χ4v) is 3.12. The predicted molar refractivity (Wildman–Crippen MR) is 91.3 cm³/mol. The van der Waals surface area contributed by atoms with Crippen LogP contribution in [0.3, 0.4) is 0 Å². The van der Waals surface area contributed by atoms with Crippen molar-refractivity contribution in [3.05, 3.63) is 71.3 Å². The third-order valence-electron chi connectivity index (χ3n) is 4.22. The molecule has 0 fully saturated rings. The van der Waals surface area contributed by atoms with Crippen LogP contribution in [-0.2, 0) is 16.0 Å². The van der Waals surface area contributed by atoms with Crippen LogP contribution in [0.25, 0.3) is 0 Å². The highest BCUT2D eigenvalue weighted by Crippen LogP contribution is 2.31. The summed E-state index contributed by atoms with van der Waals surface area (Å²) < 4.78 is 0. The number of hydrogen-bond acceptors (Lipinski definition) is 4. The van der Waals surface area contributed by atoms with E-state index in [0.29, 0.717) is 10.5 Å². The molecule has 26 heavy (non-hydrogen) atoms. The van der Waals surface area contributed by atoms with Gasteiger partial charge in [0.15, 0.2) is 0 Å². The lowest BCUT2D eigenvalue weighted by Gasteiger charge is -2.37. The summed E-state index contributed by atoms with van der Waals surface area (Å²) >= 11 is 0. The number of rotatable bonds is 5. The molecule has 1 aliphatic rings. The molecule has 2 aromatic rings. The SMILES string of the molecule is CC(=O)NC(Cc1ccccc1)(C(=O)O)N1C(=O)c2ccccc2C1=O. The second-order valence-corrected chi connectivity index (χ2v) is 6.00. The molecule has 7 heteroatoms. The van der Waals surface area contributed by atoms with Gasteiger partial charge in [-0.05, 0) is 17.7 Å².